The maximum absolute atomic E-state index is 15.3. The van der Waals surface area contributed by atoms with Gasteiger partial charge in [0.15, 0.2) is 0 Å². The van der Waals surface area contributed by atoms with Gasteiger partial charge in [0.2, 0.25) is 70.9 Å². The molecule has 12 amide bonds. The molecule has 516 valence electrons. The molecule has 2 saturated heterocycles. The Hall–Kier alpha value is -10.4. The van der Waals surface area contributed by atoms with Gasteiger partial charge in [0.05, 0.1) is 6.42 Å². The molecule has 2 fully saturated rings. The molecule has 8 rings (SSSR count). The third kappa shape index (κ3) is 20.1. The minimum absolute atomic E-state index is 0.0173. The number of hydrogen-bond acceptors (Lipinski definition) is 13. The lowest BCUT2D eigenvalue weighted by Crippen LogP contribution is -2.62. The van der Waals surface area contributed by atoms with Crippen molar-refractivity contribution in [1.82, 2.24) is 62.7 Å². The molecule has 10 unspecified atom stereocenters. The summed E-state index contributed by atoms with van der Waals surface area (Å²) in [5, 5.41) is 26.1. The molecule has 17 N–H and O–H groups in total. The second-order valence-corrected chi connectivity index (χ2v) is 25.7. The number of primary amides is 2. The van der Waals surface area contributed by atoms with Crippen molar-refractivity contribution in [3.05, 3.63) is 144 Å². The zero-order chi connectivity index (χ0) is 69.9. The molecule has 4 aromatic carbocycles. The molecule has 0 radical (unpaired) electrons. The first-order chi connectivity index (χ1) is 46.5. The Labute approximate surface area is 561 Å². The van der Waals surface area contributed by atoms with Crippen LogP contribution in [0, 0.1) is 11.8 Å². The van der Waals surface area contributed by atoms with Crippen LogP contribution in [0.1, 0.15) is 101 Å². The number of fused-ring (bicyclic) bond motifs is 3. The van der Waals surface area contributed by atoms with Crippen LogP contribution in [0.2, 0.25) is 0 Å². The fourth-order valence-electron chi connectivity index (χ4n) is 12.3. The summed E-state index contributed by atoms with van der Waals surface area (Å²) in [5.41, 5.74) is 21.0. The Bertz CT molecular complexity index is 3800. The molecule has 2 aromatic heterocycles. The fourth-order valence-corrected chi connectivity index (χ4v) is 12.3. The SMILES string of the molecule is CC(C)CC1NC(=O)C(CCCN)NC(=O)C(C(C)C)NC(=O)C(Cc2c[nH]c3ccccc23)NC(=O)C(CCC(N)=O)NC(=O)C(CC(N)=O)NC(=O)C(Cc2ccccc2)NC(=O)C(Cc2c[nH]c3ccccc23)NC(=O)C2CCCN2C(=O)C(Cc2ccccc2)NC1=O. The van der Waals surface area contributed by atoms with Gasteiger partial charge in [-0.05, 0) is 91.3 Å². The maximum atomic E-state index is 15.3. The number of carbonyl (C=O) groups is 12. The highest BCUT2D eigenvalue weighted by atomic mass is 16.2. The van der Waals surface area contributed by atoms with Gasteiger partial charge < -0.3 is 79.9 Å². The van der Waals surface area contributed by atoms with E-state index in [9.17, 15) is 43.2 Å². The predicted molar refractivity (Wildman–Crippen MR) is 361 cm³/mol. The van der Waals surface area contributed by atoms with E-state index in [2.05, 4.69) is 57.8 Å². The summed E-state index contributed by atoms with van der Waals surface area (Å²) in [6.45, 7) is 7.13. The molecule has 4 heterocycles. The molecule has 97 heavy (non-hydrogen) atoms. The Morgan fingerprint density at radius 2 is 0.887 bits per heavy atom. The number of H-pyrrole nitrogens is 2. The monoisotopic (exact) mass is 1330 g/mol. The summed E-state index contributed by atoms with van der Waals surface area (Å²) < 4.78 is 0. The molecule has 10 atom stereocenters. The van der Waals surface area contributed by atoms with E-state index < -0.39 is 156 Å². The lowest BCUT2D eigenvalue weighted by atomic mass is 9.98. The number of rotatable bonds is 19. The Morgan fingerprint density at radius 1 is 0.464 bits per heavy atom. The van der Waals surface area contributed by atoms with Crippen LogP contribution < -0.4 is 65.1 Å². The van der Waals surface area contributed by atoms with E-state index in [4.69, 9.17) is 17.2 Å². The number of carbonyl (C=O) groups excluding carboxylic acids is 12. The number of benzene rings is 4. The van der Waals surface area contributed by atoms with Crippen molar-refractivity contribution in [1.29, 1.82) is 0 Å². The molecule has 6 aromatic rings. The minimum atomic E-state index is -1.85. The number of nitrogens with zero attached hydrogens (tertiary/aromatic N) is 1. The molecule has 2 aliphatic rings. The fraction of sp³-hybridized carbons (Fsp3) is 0.429. The predicted octanol–water partition coefficient (Wildman–Crippen LogP) is 0.869. The highest BCUT2D eigenvalue weighted by Crippen LogP contribution is 2.25. The molecule has 0 saturated carbocycles. The standard InChI is InChI=1S/C70H89N15O12/c1-39(2)31-51-63(90)83-56(33-42-19-9-6-10-20-42)70(97)85-30-16-26-57(85)68(95)82-53(34-43-37-74-47-23-13-11-21-45(43)47)65(92)79-52(32-41-17-7-5-8-18-41)64(91)81-55(36-59(73)87)66(93)76-50(27-28-58(72)86)62(89)80-54(35-44-38-75-48-24-14-12-22-46(44)48)67(94)84-60(40(3)4)69(96)77-49(25-15-29-71)61(88)78-51/h5-14,17-24,37-40,49-57,60,74-75H,15-16,25-36,71H2,1-4H3,(H2,72,86)(H2,73,87)(H,76,93)(H,77,96)(H,78,88)(H,79,92)(H,80,89)(H,81,91)(H,82,95)(H,83,90)(H,84,94). The van der Waals surface area contributed by atoms with Crippen LogP contribution in [-0.4, -0.2) is 159 Å². The molecular formula is C70H89N15O12. The van der Waals surface area contributed by atoms with Crippen molar-refractivity contribution in [2.45, 2.75) is 165 Å². The number of aromatic amines is 2. The van der Waals surface area contributed by atoms with E-state index in [0.29, 0.717) is 45.0 Å². The average Bonchev–Trinajstić information content (AvgIpc) is 1.73. The van der Waals surface area contributed by atoms with Gasteiger partial charge in [-0.15, -0.1) is 0 Å². The van der Waals surface area contributed by atoms with Crippen molar-refractivity contribution < 1.29 is 57.5 Å². The summed E-state index contributed by atoms with van der Waals surface area (Å²) in [4.78, 5) is 182. The number of amides is 12. The molecule has 27 heteroatoms. The van der Waals surface area contributed by atoms with Crippen molar-refractivity contribution >= 4 is 92.7 Å². The lowest BCUT2D eigenvalue weighted by Gasteiger charge is -2.32. The van der Waals surface area contributed by atoms with E-state index in [1.807, 2.05) is 32.0 Å². The number of para-hydroxylation sites is 2. The lowest BCUT2D eigenvalue weighted by molar-refractivity contribution is -0.142. The molecule has 27 nitrogen and oxygen atoms in total. The molecular weight excluding hydrogens is 1240 g/mol. The average molecular weight is 1330 g/mol. The number of hydrogen-bond donors (Lipinski definition) is 14. The zero-order valence-electron chi connectivity index (χ0n) is 55.0. The highest BCUT2D eigenvalue weighted by molar-refractivity contribution is 6.01. The van der Waals surface area contributed by atoms with Crippen molar-refractivity contribution in [3.8, 4) is 0 Å². The Balaban J connectivity index is 1.22. The third-order valence-corrected chi connectivity index (χ3v) is 17.4. The summed E-state index contributed by atoms with van der Waals surface area (Å²) >= 11 is 0. The van der Waals surface area contributed by atoms with Gasteiger partial charge in [-0.3, -0.25) is 57.5 Å². The van der Waals surface area contributed by atoms with Gasteiger partial charge in [0.1, 0.15) is 60.4 Å². The Morgan fingerprint density at radius 3 is 1.41 bits per heavy atom. The zero-order valence-corrected chi connectivity index (χ0v) is 55.0. The second kappa shape index (κ2) is 34.3. The van der Waals surface area contributed by atoms with E-state index in [1.165, 1.54) is 4.90 Å². The summed E-state index contributed by atoms with van der Waals surface area (Å²) in [6.07, 6.45) is 1.64. The summed E-state index contributed by atoms with van der Waals surface area (Å²) in [6, 6.07) is 17.2. The van der Waals surface area contributed by atoms with Crippen LogP contribution in [0.25, 0.3) is 21.8 Å². The maximum Gasteiger partial charge on any atom is 0.246 e. The largest absolute Gasteiger partial charge is 0.370 e. The number of aromatic nitrogens is 2. The van der Waals surface area contributed by atoms with Gasteiger partial charge in [0, 0.05) is 72.8 Å². The van der Waals surface area contributed by atoms with Crippen LogP contribution >= 0.6 is 0 Å². The minimum Gasteiger partial charge on any atom is -0.370 e. The molecule has 2 aliphatic heterocycles. The Kier molecular flexibility index (Phi) is 25.6. The van der Waals surface area contributed by atoms with Crippen molar-refractivity contribution in [3.63, 3.8) is 0 Å². The van der Waals surface area contributed by atoms with Crippen molar-refractivity contribution in [2.24, 2.45) is 29.0 Å². The van der Waals surface area contributed by atoms with Gasteiger partial charge in [-0.25, -0.2) is 0 Å². The quantitative estimate of drug-likeness (QED) is 0.0536. The summed E-state index contributed by atoms with van der Waals surface area (Å²) in [7, 11) is 0. The van der Waals surface area contributed by atoms with Crippen LogP contribution in [-0.2, 0) is 83.2 Å². The molecule has 0 aliphatic carbocycles. The van der Waals surface area contributed by atoms with Crippen LogP contribution in [0.3, 0.4) is 0 Å². The second-order valence-electron chi connectivity index (χ2n) is 25.7. The van der Waals surface area contributed by atoms with E-state index in [-0.39, 0.29) is 70.4 Å². The topological polar surface area (TPSA) is 426 Å². The molecule has 0 bridgehead atoms. The van der Waals surface area contributed by atoms with E-state index in [0.717, 1.165) is 5.52 Å². The van der Waals surface area contributed by atoms with Crippen molar-refractivity contribution in [2.75, 3.05) is 13.1 Å². The number of nitrogens with two attached hydrogens (primary N) is 3. The van der Waals surface area contributed by atoms with Gasteiger partial charge in [-0.1, -0.05) is 125 Å². The summed E-state index contributed by atoms with van der Waals surface area (Å²) in [5.74, 6) is -11.5. The first-order valence-electron chi connectivity index (χ1n) is 32.9. The third-order valence-electron chi connectivity index (χ3n) is 17.4. The van der Waals surface area contributed by atoms with Gasteiger partial charge in [-0.2, -0.15) is 0 Å². The number of nitrogens with one attached hydrogen (secondary N) is 11. The van der Waals surface area contributed by atoms with E-state index >= 15 is 14.4 Å². The van der Waals surface area contributed by atoms with Crippen LogP contribution in [0.5, 0.6) is 0 Å². The van der Waals surface area contributed by atoms with Crippen LogP contribution in [0.15, 0.2) is 122 Å². The van der Waals surface area contributed by atoms with Gasteiger partial charge in [0.25, 0.3) is 0 Å². The first kappa shape index (κ1) is 72.4. The normalized spacial score (nSPS) is 23.5. The first-order valence-corrected chi connectivity index (χ1v) is 32.9. The molecule has 0 spiro atoms. The van der Waals surface area contributed by atoms with Crippen LogP contribution in [0.4, 0.5) is 0 Å². The smallest absolute Gasteiger partial charge is 0.246 e. The highest BCUT2D eigenvalue weighted by Gasteiger charge is 2.42. The van der Waals surface area contributed by atoms with E-state index in [1.54, 1.807) is 117 Å². The van der Waals surface area contributed by atoms with Gasteiger partial charge >= 0.3 is 0 Å².